The maximum absolute atomic E-state index is 12.9. The smallest absolute Gasteiger partial charge is 0.269 e. The number of carbonyl (C=O) groups excluding carboxylic acids is 9. The highest BCUT2D eigenvalue weighted by molar-refractivity contribution is 9.14. The molecule has 598 valence electrons. The summed E-state index contributed by atoms with van der Waals surface area (Å²) < 4.78 is 0.857. The predicted octanol–water partition coefficient (Wildman–Crippen LogP) is 14.2. The number of imide groups is 4. The molecule has 15 aromatic rings. The Hall–Kier alpha value is -13.3. The van der Waals surface area contributed by atoms with Crippen molar-refractivity contribution < 1.29 is 43.2 Å². The Kier molecular flexibility index (Phi) is 25.1. The summed E-state index contributed by atoms with van der Waals surface area (Å²) in [6.45, 7) is 6.44. The lowest BCUT2D eigenvalue weighted by Crippen LogP contribution is -2.30. The number of pyridine rings is 6. The van der Waals surface area contributed by atoms with Gasteiger partial charge in [-0.15, -0.1) is 0 Å². The number of amides is 9. The number of nitrogens with one attached hydrogen (secondary N) is 8. The number of rotatable bonds is 11. The number of nitrogens with zero attached hydrogens (tertiary/aromatic N) is 10. The van der Waals surface area contributed by atoms with Gasteiger partial charge in [-0.3, -0.25) is 63.2 Å². The standard InChI is InChI=1S/C18H12BrN3O2.C18H15N3O2.C13H15N3O.C11H7Br2NO2.C11H9N3O2.C11H13N3.C7H6N2/c19-15-14(13-9-21-16-12(13)7-4-8-20-16)17(23)22(18(15)24)10-11-5-2-1-3-6-11;22-16-9-14(15-10-20-17-13(15)7-4-8-19-17)18(23)21(16)11-12-5-2-1-3-6-12;1-9(17)16-6-4-10(8-16)12-7-15-13-11(12)3-2-5-14-13;12-8-9(13)11(16)14(10(8)15)6-7-4-2-1-3-5-7;15-9-4-7(11(16)14-9)8-5-13-10-6(8)2-1-3-12-10;1-2-9-10(8-3-5-12-6-8)7-14-11(9)13-4-1;1-2-6-3-5-9-7(6)8-4-1/h1-9H,10H2,(H,20,21);1-8,10,14H,9,11H2,(H,19,20);2-3,5,7,10H,4,6,8H2,1H3,(H,14,15);1-5H,6H2;1-3,5,7H,4H2,(H,12,13)(H,14,15,16);1-2,4,7-8,12H,3,5-6H2,(H,13,14);1-5H,(H,8,9). The molecule has 0 aliphatic carbocycles. The number of H-pyrrole nitrogens is 6. The van der Waals surface area contributed by atoms with Crippen LogP contribution in [0.15, 0.2) is 258 Å². The van der Waals surface area contributed by atoms with Gasteiger partial charge in [0.2, 0.25) is 29.5 Å². The van der Waals surface area contributed by atoms with E-state index in [-0.39, 0.29) is 91.9 Å². The van der Waals surface area contributed by atoms with Crippen LogP contribution in [0, 0.1) is 0 Å². The highest BCUT2D eigenvalue weighted by Crippen LogP contribution is 2.39. The first-order valence-electron chi connectivity index (χ1n) is 38.4. The molecular formula is C89H77Br3N18O9. The topological polar surface area (TPSA) is 363 Å². The van der Waals surface area contributed by atoms with Crippen LogP contribution in [0.5, 0.6) is 0 Å². The van der Waals surface area contributed by atoms with E-state index >= 15 is 0 Å². The quantitative estimate of drug-likeness (QED) is 0.0558. The molecule has 4 saturated heterocycles. The van der Waals surface area contributed by atoms with Crippen molar-refractivity contribution >= 4 is 173 Å². The van der Waals surface area contributed by atoms with Crippen LogP contribution < -0.4 is 10.6 Å². The third-order valence-electron chi connectivity index (χ3n) is 21.2. The van der Waals surface area contributed by atoms with Crippen LogP contribution in [0.3, 0.4) is 0 Å². The normalized spacial score (nSPS) is 17.6. The molecule has 4 fully saturated rings. The average Bonchev–Trinajstić information content (AvgIpc) is 1.60. The van der Waals surface area contributed by atoms with Gasteiger partial charge < -0.3 is 40.1 Å². The van der Waals surface area contributed by atoms with E-state index in [0.29, 0.717) is 41.7 Å². The molecule has 4 atom stereocenters. The molecule has 119 heavy (non-hydrogen) atoms. The largest absolute Gasteiger partial charge is 0.346 e. The Morgan fingerprint density at radius 2 is 0.849 bits per heavy atom. The van der Waals surface area contributed by atoms with Gasteiger partial charge in [0.05, 0.1) is 41.5 Å². The van der Waals surface area contributed by atoms with E-state index in [9.17, 15) is 43.2 Å². The van der Waals surface area contributed by atoms with E-state index in [0.717, 1.165) is 110 Å². The number of aromatic amines is 6. The average molecular weight is 1780 g/mol. The lowest BCUT2D eigenvalue weighted by atomic mass is 9.98. The number of aromatic nitrogens is 12. The molecule has 6 aliphatic rings. The van der Waals surface area contributed by atoms with Crippen molar-refractivity contribution in [3.8, 4) is 0 Å². The molecule has 27 nitrogen and oxygen atoms in total. The van der Waals surface area contributed by atoms with E-state index < -0.39 is 5.92 Å². The van der Waals surface area contributed by atoms with Gasteiger partial charge in [-0.1, -0.05) is 91.0 Å². The molecule has 30 heteroatoms. The molecule has 0 bridgehead atoms. The van der Waals surface area contributed by atoms with Crippen LogP contribution >= 0.6 is 47.8 Å². The number of hydrogen-bond donors (Lipinski definition) is 8. The number of halogens is 3. The second-order valence-electron chi connectivity index (χ2n) is 28.6. The van der Waals surface area contributed by atoms with Crippen LogP contribution in [0.1, 0.15) is 101 Å². The lowest BCUT2D eigenvalue weighted by molar-refractivity contribution is -0.140. The van der Waals surface area contributed by atoms with Crippen molar-refractivity contribution in [1.29, 1.82) is 0 Å². The Balaban J connectivity index is 0.000000110. The van der Waals surface area contributed by atoms with Crippen molar-refractivity contribution in [2.24, 2.45) is 0 Å². The highest BCUT2D eigenvalue weighted by Gasteiger charge is 2.42. The Bertz CT molecular complexity index is 6310. The van der Waals surface area contributed by atoms with Gasteiger partial charge in [0.25, 0.3) is 23.6 Å². The van der Waals surface area contributed by atoms with Gasteiger partial charge >= 0.3 is 0 Å². The monoisotopic (exact) mass is 1780 g/mol. The Morgan fingerprint density at radius 3 is 1.32 bits per heavy atom. The molecular weight excluding hydrogens is 1700 g/mol. The summed E-state index contributed by atoms with van der Waals surface area (Å²) in [5, 5.41) is 11.9. The van der Waals surface area contributed by atoms with E-state index in [1.165, 1.54) is 43.0 Å². The van der Waals surface area contributed by atoms with Crippen molar-refractivity contribution in [3.63, 3.8) is 0 Å². The number of hydrogen-bond acceptors (Lipinski definition) is 16. The minimum Gasteiger partial charge on any atom is -0.346 e. The fraction of sp³-hybridized carbons (Fsp3) is 0.180. The predicted molar refractivity (Wildman–Crippen MR) is 461 cm³/mol. The fourth-order valence-electron chi connectivity index (χ4n) is 15.2. The number of likely N-dealkylation sites (tertiary alicyclic amines) is 2. The van der Waals surface area contributed by atoms with Crippen LogP contribution in [-0.2, 0) is 62.8 Å². The summed E-state index contributed by atoms with van der Waals surface area (Å²) in [4.78, 5) is 157. The number of carbonyl (C=O) groups is 9. The lowest BCUT2D eigenvalue weighted by Gasteiger charge is -2.15. The molecule has 0 spiro atoms. The van der Waals surface area contributed by atoms with E-state index in [2.05, 4.69) is 137 Å². The first kappa shape index (κ1) is 80.9. The van der Waals surface area contributed by atoms with E-state index in [4.69, 9.17) is 0 Å². The molecule has 9 amide bonds. The molecule has 18 heterocycles. The summed E-state index contributed by atoms with van der Waals surface area (Å²) in [5.41, 5.74) is 13.3. The maximum Gasteiger partial charge on any atom is 0.269 e. The fourth-order valence-corrected chi connectivity index (χ4v) is 16.6. The molecule has 8 N–H and O–H groups in total. The molecule has 21 rings (SSSR count). The molecule has 12 aromatic heterocycles. The second kappa shape index (κ2) is 36.9. The van der Waals surface area contributed by atoms with Crippen LogP contribution in [0.2, 0.25) is 0 Å². The first-order valence-corrected chi connectivity index (χ1v) is 40.7. The Labute approximate surface area is 705 Å². The van der Waals surface area contributed by atoms with Gasteiger partial charge in [0.1, 0.15) is 42.8 Å². The van der Waals surface area contributed by atoms with Gasteiger partial charge in [-0.25, -0.2) is 29.9 Å². The van der Waals surface area contributed by atoms with Crippen molar-refractivity contribution in [2.75, 3.05) is 26.2 Å². The number of benzene rings is 3. The van der Waals surface area contributed by atoms with E-state index in [1.807, 2.05) is 175 Å². The van der Waals surface area contributed by atoms with Crippen molar-refractivity contribution in [2.45, 2.75) is 75.9 Å². The Morgan fingerprint density at radius 1 is 0.420 bits per heavy atom. The molecule has 6 aliphatic heterocycles. The third kappa shape index (κ3) is 18.0. The number of fused-ring (bicyclic) bond motifs is 6. The van der Waals surface area contributed by atoms with Gasteiger partial charge in [0.15, 0.2) is 0 Å². The minimum atomic E-state index is -0.427. The summed E-state index contributed by atoms with van der Waals surface area (Å²) in [6, 6.07) is 53.7. The summed E-state index contributed by atoms with van der Waals surface area (Å²) in [6.07, 6.45) is 24.5. The van der Waals surface area contributed by atoms with Crippen LogP contribution in [0.25, 0.3) is 71.8 Å². The third-order valence-corrected chi connectivity index (χ3v) is 24.0. The van der Waals surface area contributed by atoms with Gasteiger partial charge in [-0.2, -0.15) is 0 Å². The van der Waals surface area contributed by atoms with Crippen molar-refractivity contribution in [1.82, 2.24) is 90.0 Å². The molecule has 0 radical (unpaired) electrons. The zero-order valence-electron chi connectivity index (χ0n) is 64.0. The van der Waals surface area contributed by atoms with Gasteiger partial charge in [0, 0.05) is 158 Å². The molecule has 3 aromatic carbocycles. The molecule has 0 saturated carbocycles. The SMILES string of the molecule is CC(=O)N1CCC(c2c[nH]c3ncccc23)C1.O=C1C(Br)=C(Br)C(=O)N1Cc1ccccc1.O=C1C(Br)=C(c2c[nH]c3ncccc23)C(=O)N1Cc1ccccc1.O=C1CC(c2c[nH]c3ncccc23)C(=O)N1.O=C1CC(c2c[nH]c3ncccc23)C(=O)N1Cc1ccccc1.c1cnc2[nH]cc(C3CCNC3)c2c1.c1cnc2[nH]ccc2c1. The zero-order chi connectivity index (χ0) is 82.6. The second-order valence-corrected chi connectivity index (χ2v) is 31.0. The van der Waals surface area contributed by atoms with Gasteiger partial charge in [-0.05, 0) is 191 Å². The maximum atomic E-state index is 12.9. The van der Waals surface area contributed by atoms with E-state index in [1.54, 1.807) is 62.6 Å². The highest BCUT2D eigenvalue weighted by atomic mass is 79.9. The first-order chi connectivity index (χ1) is 57.9. The summed E-state index contributed by atoms with van der Waals surface area (Å²) >= 11 is 9.47. The van der Waals surface area contributed by atoms with Crippen LogP contribution in [-0.4, -0.2) is 159 Å². The van der Waals surface area contributed by atoms with Crippen molar-refractivity contribution in [3.05, 3.63) is 302 Å². The zero-order valence-corrected chi connectivity index (χ0v) is 68.7. The minimum absolute atomic E-state index is 0.123. The molecule has 4 unspecified atom stereocenters. The van der Waals surface area contributed by atoms with Crippen LogP contribution in [0.4, 0.5) is 0 Å². The summed E-state index contributed by atoms with van der Waals surface area (Å²) in [5.74, 6) is -1.47. The summed E-state index contributed by atoms with van der Waals surface area (Å²) in [7, 11) is 0.